The van der Waals surface area contributed by atoms with Gasteiger partial charge in [0.15, 0.2) is 0 Å². The van der Waals surface area contributed by atoms with Crippen LogP contribution in [0.3, 0.4) is 0 Å². The molecule has 1 aromatic carbocycles. The molecule has 0 spiro atoms. The Morgan fingerprint density at radius 2 is 1.88 bits per heavy atom. The Bertz CT molecular complexity index is 1450. The van der Waals surface area contributed by atoms with Crippen molar-refractivity contribution in [3.63, 3.8) is 0 Å². The van der Waals surface area contributed by atoms with Crippen LogP contribution in [0.25, 0.3) is 16.6 Å². The molecule has 0 aliphatic heterocycles. The number of rotatable bonds is 6. The molecule has 8 nitrogen and oxygen atoms in total. The van der Waals surface area contributed by atoms with Crippen LogP contribution in [0.4, 0.5) is 5.82 Å². The Hall–Kier alpha value is -3.43. The number of hydrogen-bond acceptors (Lipinski definition) is 5. The van der Waals surface area contributed by atoms with E-state index < -0.39 is 10.0 Å². The second kappa shape index (κ2) is 8.17. The zero-order valence-electron chi connectivity index (χ0n) is 17.6. The number of halogens is 1. The van der Waals surface area contributed by atoms with Crippen molar-refractivity contribution in [3.8, 4) is 11.1 Å². The van der Waals surface area contributed by atoms with Crippen LogP contribution in [0, 0.1) is 0 Å². The fourth-order valence-electron chi connectivity index (χ4n) is 3.72. The van der Waals surface area contributed by atoms with Gasteiger partial charge in [0.05, 0.1) is 21.6 Å². The van der Waals surface area contributed by atoms with Crippen molar-refractivity contribution in [2.24, 2.45) is 0 Å². The maximum atomic E-state index is 13.6. The lowest BCUT2D eigenvalue weighted by atomic mass is 10.1. The number of amides is 1. The first-order valence-electron chi connectivity index (χ1n) is 10.3. The van der Waals surface area contributed by atoms with Crippen molar-refractivity contribution in [1.29, 1.82) is 0 Å². The van der Waals surface area contributed by atoms with E-state index in [0.29, 0.717) is 21.9 Å². The third kappa shape index (κ3) is 3.94. The van der Waals surface area contributed by atoms with E-state index in [1.807, 2.05) is 12.1 Å². The lowest BCUT2D eigenvalue weighted by molar-refractivity contribution is 0.0963. The number of hydrogen-bond donors (Lipinski definition) is 1. The van der Waals surface area contributed by atoms with Crippen LogP contribution in [0.5, 0.6) is 0 Å². The molecule has 168 valence electrons. The van der Waals surface area contributed by atoms with Crippen LogP contribution in [-0.2, 0) is 10.0 Å². The number of benzene rings is 1. The van der Waals surface area contributed by atoms with Gasteiger partial charge in [0.25, 0.3) is 15.9 Å². The molecule has 5 rings (SSSR count). The number of pyridine rings is 2. The van der Waals surface area contributed by atoms with Crippen molar-refractivity contribution < 1.29 is 13.2 Å². The van der Waals surface area contributed by atoms with Gasteiger partial charge in [0, 0.05) is 36.6 Å². The van der Waals surface area contributed by atoms with Crippen molar-refractivity contribution in [2.75, 3.05) is 11.4 Å². The van der Waals surface area contributed by atoms with Crippen molar-refractivity contribution >= 4 is 38.9 Å². The normalized spacial score (nSPS) is 13.8. The molecule has 0 saturated heterocycles. The van der Waals surface area contributed by atoms with Crippen LogP contribution in [0.15, 0.2) is 72.0 Å². The summed E-state index contributed by atoms with van der Waals surface area (Å²) in [5.74, 6) is 0.172. The molecule has 0 bridgehead atoms. The summed E-state index contributed by atoms with van der Waals surface area (Å²) in [6.07, 6.45) is 6.32. The average Bonchev–Trinajstić information content (AvgIpc) is 3.56. The summed E-state index contributed by atoms with van der Waals surface area (Å²) in [6, 6.07) is 13.4. The number of nitrogens with zero attached hydrogens (tertiary/aromatic N) is 4. The minimum absolute atomic E-state index is 0.124. The molecule has 1 N–H and O–H groups in total. The molecular weight excluding hydrogens is 462 g/mol. The van der Waals surface area contributed by atoms with E-state index in [1.165, 1.54) is 10.5 Å². The third-order valence-corrected chi connectivity index (χ3v) is 7.63. The van der Waals surface area contributed by atoms with Gasteiger partial charge in [0.2, 0.25) is 0 Å². The third-order valence-electron chi connectivity index (χ3n) is 5.55. The van der Waals surface area contributed by atoms with Gasteiger partial charge < -0.3 is 5.32 Å². The van der Waals surface area contributed by atoms with Gasteiger partial charge in [-0.3, -0.25) is 4.79 Å². The Morgan fingerprint density at radius 3 is 2.52 bits per heavy atom. The molecule has 1 saturated carbocycles. The molecule has 10 heteroatoms. The summed E-state index contributed by atoms with van der Waals surface area (Å²) in [7, 11) is -2.28. The zero-order chi connectivity index (χ0) is 23.2. The highest BCUT2D eigenvalue weighted by atomic mass is 35.5. The first kappa shape index (κ1) is 21.4. The predicted molar refractivity (Wildman–Crippen MR) is 126 cm³/mol. The topological polar surface area (TPSA) is 96.7 Å². The molecule has 3 heterocycles. The lowest BCUT2D eigenvalue weighted by Gasteiger charge is -2.23. The minimum Gasteiger partial charge on any atom is -0.355 e. The number of sulfonamides is 1. The van der Waals surface area contributed by atoms with Gasteiger partial charge in [-0.2, -0.15) is 5.10 Å². The molecular formula is C23H20ClN5O3S. The molecule has 3 aromatic heterocycles. The number of carbonyl (C=O) groups is 1. The van der Waals surface area contributed by atoms with Crippen LogP contribution < -0.4 is 9.62 Å². The summed E-state index contributed by atoms with van der Waals surface area (Å²) in [4.78, 5) is 16.2. The predicted octanol–water partition coefficient (Wildman–Crippen LogP) is 3.77. The fraction of sp³-hybridized carbons (Fsp3) is 0.174. The molecule has 1 amide bonds. The molecule has 1 fully saturated rings. The van der Waals surface area contributed by atoms with Crippen LogP contribution in [-0.4, -0.2) is 42.0 Å². The zero-order valence-corrected chi connectivity index (χ0v) is 19.2. The monoisotopic (exact) mass is 481 g/mol. The summed E-state index contributed by atoms with van der Waals surface area (Å²) in [5.41, 5.74) is 2.77. The van der Waals surface area contributed by atoms with Crippen molar-refractivity contribution in [2.45, 2.75) is 23.8 Å². The molecule has 0 radical (unpaired) electrons. The van der Waals surface area contributed by atoms with Crippen LogP contribution in [0.2, 0.25) is 5.02 Å². The SMILES string of the molecule is CNC(=O)c1ccc(-c2cnn3ccc(S(=O)(=O)N(c4ccc(Cl)cn4)C4CC4)cc23)cc1. The minimum atomic E-state index is -3.86. The van der Waals surface area contributed by atoms with Gasteiger partial charge in [-0.1, -0.05) is 23.7 Å². The Labute approximate surface area is 195 Å². The Morgan fingerprint density at radius 1 is 1.12 bits per heavy atom. The Balaban J connectivity index is 1.56. The average molecular weight is 482 g/mol. The molecule has 1 aliphatic carbocycles. The maximum absolute atomic E-state index is 13.6. The van der Waals surface area contributed by atoms with E-state index >= 15 is 0 Å². The summed E-state index contributed by atoms with van der Waals surface area (Å²) < 4.78 is 30.3. The lowest BCUT2D eigenvalue weighted by Crippen LogP contribution is -2.33. The number of carbonyl (C=O) groups excluding carboxylic acids is 1. The second-order valence-corrected chi connectivity index (χ2v) is 10.0. The molecule has 4 aromatic rings. The Kier molecular flexibility index (Phi) is 5.30. The van der Waals surface area contributed by atoms with Gasteiger partial charge in [-0.25, -0.2) is 22.2 Å². The second-order valence-electron chi connectivity index (χ2n) is 7.77. The van der Waals surface area contributed by atoms with Gasteiger partial charge in [-0.05, 0) is 54.8 Å². The number of aromatic nitrogens is 3. The van der Waals surface area contributed by atoms with Crippen LogP contribution in [0.1, 0.15) is 23.2 Å². The largest absolute Gasteiger partial charge is 0.355 e. The smallest absolute Gasteiger partial charge is 0.265 e. The van der Waals surface area contributed by atoms with Crippen molar-refractivity contribution in [3.05, 3.63) is 77.7 Å². The van der Waals surface area contributed by atoms with E-state index in [0.717, 1.165) is 24.0 Å². The van der Waals surface area contributed by atoms with E-state index in [-0.39, 0.29) is 16.8 Å². The van der Waals surface area contributed by atoms with E-state index in [9.17, 15) is 13.2 Å². The highest BCUT2D eigenvalue weighted by Crippen LogP contribution is 2.36. The van der Waals surface area contributed by atoms with Gasteiger partial charge in [0.1, 0.15) is 5.82 Å². The maximum Gasteiger partial charge on any atom is 0.265 e. The number of fused-ring (bicyclic) bond motifs is 1. The van der Waals surface area contributed by atoms with E-state index in [2.05, 4.69) is 15.4 Å². The van der Waals surface area contributed by atoms with Crippen LogP contribution >= 0.6 is 11.6 Å². The molecule has 33 heavy (non-hydrogen) atoms. The van der Waals surface area contributed by atoms with Crippen molar-refractivity contribution in [1.82, 2.24) is 19.9 Å². The standard InChI is InChI=1S/C23H20ClN5O3S/c1-25-23(30)16-4-2-15(3-5-16)20-14-27-28-11-10-19(12-21(20)28)33(31,32)29(18-7-8-18)22-9-6-17(24)13-26-22/h2-6,9-14,18H,7-8H2,1H3,(H,25,30). The summed E-state index contributed by atoms with van der Waals surface area (Å²) in [6.45, 7) is 0. The number of anilines is 1. The van der Waals surface area contributed by atoms with Gasteiger partial charge >= 0.3 is 0 Å². The molecule has 0 atom stereocenters. The fourth-order valence-corrected chi connectivity index (χ4v) is 5.51. The number of nitrogens with one attached hydrogen (secondary N) is 1. The molecule has 1 aliphatic rings. The van der Waals surface area contributed by atoms with E-state index in [4.69, 9.17) is 11.6 Å². The first-order chi connectivity index (χ1) is 15.9. The highest BCUT2D eigenvalue weighted by molar-refractivity contribution is 7.92. The van der Waals surface area contributed by atoms with Gasteiger partial charge in [-0.15, -0.1) is 0 Å². The first-order valence-corrected chi connectivity index (χ1v) is 12.2. The summed E-state index contributed by atoms with van der Waals surface area (Å²) in [5, 5.41) is 7.39. The quantitative estimate of drug-likeness (QED) is 0.452. The highest BCUT2D eigenvalue weighted by Gasteiger charge is 2.39. The molecule has 0 unspecified atom stereocenters. The summed E-state index contributed by atoms with van der Waals surface area (Å²) >= 11 is 5.94. The van der Waals surface area contributed by atoms with E-state index in [1.54, 1.807) is 60.4 Å².